The molecule has 3 fully saturated rings. The molecule has 0 spiro atoms. The van der Waals surface area contributed by atoms with Crippen molar-refractivity contribution >= 4 is 29.1 Å². The monoisotopic (exact) mass is 404 g/mol. The standard InChI is InChI=1S/C20H21FN2O4S/c21-16-3-1-2-4-17(16)23(13-26-19(24)15-7-10-28-12-15)20(25)27-18-11-22-8-5-14(18)6-9-22/h1-4,7,10,12,14,18H,5-6,8-9,11,13H2/t18-/m0/s1. The molecule has 1 atom stereocenters. The minimum Gasteiger partial charge on any atom is -0.444 e. The topological polar surface area (TPSA) is 59.1 Å². The molecule has 0 aliphatic carbocycles. The maximum Gasteiger partial charge on any atom is 0.417 e. The van der Waals surface area contributed by atoms with E-state index < -0.39 is 24.6 Å². The van der Waals surface area contributed by atoms with E-state index in [2.05, 4.69) is 4.90 Å². The third-order valence-electron chi connectivity index (χ3n) is 5.29. The van der Waals surface area contributed by atoms with Crippen molar-refractivity contribution in [3.63, 3.8) is 0 Å². The van der Waals surface area contributed by atoms with Crippen LogP contribution in [0.15, 0.2) is 41.1 Å². The molecule has 0 unspecified atom stereocenters. The molecule has 3 aliphatic heterocycles. The lowest BCUT2D eigenvalue weighted by Gasteiger charge is -2.44. The molecule has 2 aromatic rings. The number of ether oxygens (including phenoxy) is 2. The Morgan fingerprint density at radius 2 is 2.00 bits per heavy atom. The second-order valence-electron chi connectivity index (χ2n) is 7.01. The fraction of sp³-hybridized carbons (Fsp3) is 0.400. The number of thiophene rings is 1. The van der Waals surface area contributed by atoms with Gasteiger partial charge in [-0.25, -0.2) is 18.9 Å². The van der Waals surface area contributed by atoms with Crippen LogP contribution < -0.4 is 4.90 Å². The molecule has 5 rings (SSSR count). The Kier molecular flexibility index (Phi) is 5.59. The van der Waals surface area contributed by atoms with Gasteiger partial charge in [-0.1, -0.05) is 12.1 Å². The molecule has 28 heavy (non-hydrogen) atoms. The molecule has 1 amide bonds. The van der Waals surface area contributed by atoms with Gasteiger partial charge in [-0.15, -0.1) is 0 Å². The van der Waals surface area contributed by atoms with Gasteiger partial charge >= 0.3 is 12.1 Å². The average molecular weight is 404 g/mol. The van der Waals surface area contributed by atoms with E-state index in [0.29, 0.717) is 18.0 Å². The first-order valence-electron chi connectivity index (χ1n) is 9.26. The third kappa shape index (κ3) is 4.02. The number of piperidine rings is 3. The van der Waals surface area contributed by atoms with Crippen molar-refractivity contribution in [2.24, 2.45) is 5.92 Å². The highest BCUT2D eigenvalue weighted by molar-refractivity contribution is 7.08. The van der Waals surface area contributed by atoms with Crippen LogP contribution >= 0.6 is 11.3 Å². The molecular weight excluding hydrogens is 383 g/mol. The molecule has 8 heteroatoms. The fourth-order valence-electron chi connectivity index (χ4n) is 3.72. The summed E-state index contributed by atoms with van der Waals surface area (Å²) in [6.07, 6.45) is 1.05. The van der Waals surface area contributed by atoms with Crippen LogP contribution in [-0.4, -0.2) is 49.4 Å². The molecule has 0 saturated carbocycles. The maximum absolute atomic E-state index is 14.3. The summed E-state index contributed by atoms with van der Waals surface area (Å²) in [5.74, 6) is -0.831. The average Bonchev–Trinajstić information content (AvgIpc) is 3.25. The molecular formula is C20H21FN2O4S. The Hall–Kier alpha value is -2.45. The minimum absolute atomic E-state index is 0.0203. The summed E-state index contributed by atoms with van der Waals surface area (Å²) in [5, 5.41) is 3.41. The number of anilines is 1. The summed E-state index contributed by atoms with van der Waals surface area (Å²) < 4.78 is 25.3. The predicted octanol–water partition coefficient (Wildman–Crippen LogP) is 3.74. The smallest absolute Gasteiger partial charge is 0.417 e. The summed E-state index contributed by atoms with van der Waals surface area (Å²) in [5.41, 5.74) is 0.413. The molecule has 1 aromatic heterocycles. The molecule has 0 N–H and O–H groups in total. The lowest BCUT2D eigenvalue weighted by molar-refractivity contribution is -0.0323. The number of fused-ring (bicyclic) bond motifs is 3. The van der Waals surface area contributed by atoms with Gasteiger partial charge < -0.3 is 9.47 Å². The van der Waals surface area contributed by atoms with Gasteiger partial charge in [0.15, 0.2) is 6.73 Å². The number of rotatable bonds is 5. The van der Waals surface area contributed by atoms with Crippen LogP contribution in [0.2, 0.25) is 0 Å². The fourth-order valence-corrected chi connectivity index (χ4v) is 4.34. The summed E-state index contributed by atoms with van der Waals surface area (Å²) >= 11 is 1.37. The molecule has 3 aliphatic rings. The van der Waals surface area contributed by atoms with Crippen molar-refractivity contribution in [2.45, 2.75) is 18.9 Å². The Labute approximate surface area is 166 Å². The van der Waals surface area contributed by atoms with Crippen molar-refractivity contribution in [3.8, 4) is 0 Å². The minimum atomic E-state index is -0.707. The molecule has 1 aromatic carbocycles. The van der Waals surface area contributed by atoms with E-state index in [-0.39, 0.29) is 11.8 Å². The number of carbonyl (C=O) groups is 2. The molecule has 4 heterocycles. The highest BCUT2D eigenvalue weighted by atomic mass is 32.1. The van der Waals surface area contributed by atoms with Gasteiger partial charge in [-0.2, -0.15) is 11.3 Å². The number of esters is 1. The Bertz CT molecular complexity index is 836. The summed E-state index contributed by atoms with van der Waals surface area (Å²) in [6, 6.07) is 7.50. The number of nitrogens with zero attached hydrogens (tertiary/aromatic N) is 2. The quantitative estimate of drug-likeness (QED) is 0.561. The number of para-hydroxylation sites is 1. The van der Waals surface area contributed by atoms with Crippen molar-refractivity contribution in [2.75, 3.05) is 31.3 Å². The molecule has 0 radical (unpaired) electrons. The second-order valence-corrected chi connectivity index (χ2v) is 7.79. The van der Waals surface area contributed by atoms with Gasteiger partial charge in [0, 0.05) is 11.9 Å². The number of hydrogen-bond donors (Lipinski definition) is 0. The summed E-state index contributed by atoms with van der Waals surface area (Å²) in [4.78, 5) is 28.3. The second kappa shape index (κ2) is 8.28. The van der Waals surface area contributed by atoms with E-state index in [1.165, 1.54) is 29.5 Å². The third-order valence-corrected chi connectivity index (χ3v) is 5.98. The van der Waals surface area contributed by atoms with E-state index in [1.807, 2.05) is 0 Å². The maximum atomic E-state index is 14.3. The largest absolute Gasteiger partial charge is 0.444 e. The zero-order valence-corrected chi connectivity index (χ0v) is 16.1. The highest BCUT2D eigenvalue weighted by Gasteiger charge is 2.37. The molecule has 6 nitrogen and oxygen atoms in total. The molecule has 3 saturated heterocycles. The van der Waals surface area contributed by atoms with Gasteiger partial charge in [0.25, 0.3) is 0 Å². The number of carbonyl (C=O) groups excluding carboxylic acids is 2. The Morgan fingerprint density at radius 3 is 2.64 bits per heavy atom. The van der Waals surface area contributed by atoms with Gasteiger partial charge in [0.2, 0.25) is 0 Å². The predicted molar refractivity (Wildman–Crippen MR) is 103 cm³/mol. The van der Waals surface area contributed by atoms with Gasteiger partial charge in [-0.05, 0) is 55.4 Å². The van der Waals surface area contributed by atoms with Crippen LogP contribution in [0.5, 0.6) is 0 Å². The van der Waals surface area contributed by atoms with E-state index in [1.54, 1.807) is 22.9 Å². The Morgan fingerprint density at radius 1 is 1.21 bits per heavy atom. The molecule has 2 bridgehead atoms. The van der Waals surface area contributed by atoms with Crippen LogP contribution in [0, 0.1) is 11.7 Å². The van der Waals surface area contributed by atoms with E-state index in [9.17, 15) is 14.0 Å². The van der Waals surface area contributed by atoms with Crippen molar-refractivity contribution in [1.29, 1.82) is 0 Å². The van der Waals surface area contributed by atoms with Crippen LogP contribution in [0.3, 0.4) is 0 Å². The lowest BCUT2D eigenvalue weighted by Crippen LogP contribution is -2.53. The van der Waals surface area contributed by atoms with E-state index in [0.717, 1.165) is 30.8 Å². The number of benzene rings is 1. The SMILES string of the molecule is O=C(OCN(C(=O)O[C@H]1CN2CCC1CC2)c1ccccc1F)c1ccsc1. The van der Waals surface area contributed by atoms with E-state index >= 15 is 0 Å². The van der Waals surface area contributed by atoms with Gasteiger partial charge in [0.05, 0.1) is 11.3 Å². The van der Waals surface area contributed by atoms with Crippen LogP contribution in [0.4, 0.5) is 14.9 Å². The molecule has 148 valence electrons. The zero-order chi connectivity index (χ0) is 19.5. The van der Waals surface area contributed by atoms with Crippen LogP contribution in [0.1, 0.15) is 23.2 Å². The van der Waals surface area contributed by atoms with Crippen molar-refractivity contribution in [3.05, 3.63) is 52.5 Å². The lowest BCUT2D eigenvalue weighted by atomic mass is 9.86. The first-order chi connectivity index (χ1) is 13.6. The first-order valence-corrected chi connectivity index (χ1v) is 10.2. The summed E-state index contributed by atoms with van der Waals surface area (Å²) in [6.45, 7) is 2.31. The van der Waals surface area contributed by atoms with Crippen LogP contribution in [-0.2, 0) is 9.47 Å². The summed E-state index contributed by atoms with van der Waals surface area (Å²) in [7, 11) is 0. The number of hydrogen-bond acceptors (Lipinski definition) is 6. The van der Waals surface area contributed by atoms with Crippen molar-refractivity contribution in [1.82, 2.24) is 4.90 Å². The number of halogens is 1. The normalized spacial score (nSPS) is 23.2. The van der Waals surface area contributed by atoms with Crippen LogP contribution in [0.25, 0.3) is 0 Å². The zero-order valence-electron chi connectivity index (χ0n) is 15.3. The Balaban J connectivity index is 1.48. The van der Waals surface area contributed by atoms with Crippen molar-refractivity contribution < 1.29 is 23.5 Å². The first kappa shape index (κ1) is 18.9. The van der Waals surface area contributed by atoms with E-state index in [4.69, 9.17) is 9.47 Å². The van der Waals surface area contributed by atoms with Gasteiger partial charge in [-0.3, -0.25) is 4.90 Å². The number of amides is 1. The highest BCUT2D eigenvalue weighted by Crippen LogP contribution is 2.30. The van der Waals surface area contributed by atoms with Gasteiger partial charge in [0.1, 0.15) is 11.9 Å².